The lowest BCUT2D eigenvalue weighted by Crippen LogP contribution is -2.52. The van der Waals surface area contributed by atoms with Crippen LogP contribution in [0.4, 0.5) is 8.78 Å². The molecule has 0 fully saturated rings. The number of benzene rings is 1. The third-order valence-electron chi connectivity index (χ3n) is 2.81. The van der Waals surface area contributed by atoms with Crippen LogP contribution in [0.3, 0.4) is 0 Å². The van der Waals surface area contributed by atoms with E-state index in [1.807, 2.05) is 4.72 Å². The van der Waals surface area contributed by atoms with E-state index in [1.165, 1.54) is 6.92 Å². The predicted molar refractivity (Wildman–Crippen MR) is 75.3 cm³/mol. The second kappa shape index (κ2) is 6.37. The van der Waals surface area contributed by atoms with E-state index in [0.717, 1.165) is 6.07 Å². The van der Waals surface area contributed by atoms with E-state index in [2.05, 4.69) is 15.9 Å². The maximum atomic E-state index is 13.7. The van der Waals surface area contributed by atoms with E-state index >= 15 is 0 Å². The van der Waals surface area contributed by atoms with Gasteiger partial charge in [0.1, 0.15) is 22.1 Å². The predicted octanol–water partition coefficient (Wildman–Crippen LogP) is 2.65. The monoisotopic (exact) mass is 385 g/mol. The van der Waals surface area contributed by atoms with E-state index in [9.17, 15) is 22.0 Å². The Morgan fingerprint density at radius 2 is 2.00 bits per heavy atom. The molecule has 0 saturated carbocycles. The van der Waals surface area contributed by atoms with Gasteiger partial charge in [-0.05, 0) is 35.3 Å². The van der Waals surface area contributed by atoms with Crippen LogP contribution < -0.4 is 4.72 Å². The van der Waals surface area contributed by atoms with Crippen LogP contribution in [0.25, 0.3) is 0 Å². The summed E-state index contributed by atoms with van der Waals surface area (Å²) in [7, 11) is -4.48. The van der Waals surface area contributed by atoms with Crippen LogP contribution in [-0.2, 0) is 14.8 Å². The number of hydrogen-bond acceptors (Lipinski definition) is 3. The molecule has 0 aliphatic rings. The Hall–Kier alpha value is -1.06. The summed E-state index contributed by atoms with van der Waals surface area (Å²) in [6.45, 7) is 2.87. The number of rotatable bonds is 6. The number of carbonyl (C=O) groups is 1. The van der Waals surface area contributed by atoms with Crippen molar-refractivity contribution in [3.63, 3.8) is 0 Å². The van der Waals surface area contributed by atoms with E-state index in [-0.39, 0.29) is 10.9 Å². The van der Waals surface area contributed by atoms with Crippen molar-refractivity contribution < 1.29 is 27.1 Å². The smallest absolute Gasteiger partial charge is 0.324 e. The summed E-state index contributed by atoms with van der Waals surface area (Å²) in [5.74, 6) is -3.64. The quantitative estimate of drug-likeness (QED) is 0.788. The molecule has 2 N–H and O–H groups in total. The zero-order valence-corrected chi connectivity index (χ0v) is 13.7. The molecular formula is C12H14BrF2NO4S. The second-order valence-electron chi connectivity index (χ2n) is 4.69. The van der Waals surface area contributed by atoms with Gasteiger partial charge in [-0.2, -0.15) is 4.72 Å². The number of aliphatic carboxylic acids is 1. The molecule has 0 aromatic heterocycles. The lowest BCUT2D eigenvalue weighted by atomic mass is 9.98. The third-order valence-corrected chi connectivity index (χ3v) is 5.37. The highest BCUT2D eigenvalue weighted by Gasteiger charge is 2.38. The summed E-state index contributed by atoms with van der Waals surface area (Å²) >= 11 is 2.77. The molecular weight excluding hydrogens is 372 g/mol. The number of nitrogens with one attached hydrogen (secondary N) is 1. The van der Waals surface area contributed by atoms with Crippen LogP contribution in [0, 0.1) is 11.6 Å². The van der Waals surface area contributed by atoms with Gasteiger partial charge in [0.2, 0.25) is 10.0 Å². The number of halogens is 3. The lowest BCUT2D eigenvalue weighted by molar-refractivity contribution is -0.143. The normalized spacial score (nSPS) is 14.7. The molecule has 1 aromatic rings. The first-order valence-electron chi connectivity index (χ1n) is 5.95. The Kier molecular flexibility index (Phi) is 5.46. The fraction of sp³-hybridized carbons (Fsp3) is 0.417. The van der Waals surface area contributed by atoms with E-state index < -0.39 is 38.1 Å². The average molecular weight is 386 g/mol. The van der Waals surface area contributed by atoms with Gasteiger partial charge < -0.3 is 5.11 Å². The highest BCUT2D eigenvalue weighted by molar-refractivity contribution is 9.10. The Labute approximate surface area is 129 Å². The summed E-state index contributed by atoms with van der Waals surface area (Å²) < 4.78 is 52.8. The Morgan fingerprint density at radius 3 is 2.43 bits per heavy atom. The van der Waals surface area contributed by atoms with E-state index in [4.69, 9.17) is 5.11 Å². The van der Waals surface area contributed by atoms with Crippen molar-refractivity contribution in [1.29, 1.82) is 0 Å². The zero-order chi connectivity index (χ0) is 16.4. The average Bonchev–Trinajstić information content (AvgIpc) is 2.25. The van der Waals surface area contributed by atoms with Crippen LogP contribution in [0.2, 0.25) is 0 Å². The fourth-order valence-corrected chi connectivity index (χ4v) is 4.40. The largest absolute Gasteiger partial charge is 0.480 e. The lowest BCUT2D eigenvalue weighted by Gasteiger charge is -2.25. The molecule has 1 unspecified atom stereocenters. The van der Waals surface area contributed by atoms with E-state index in [0.29, 0.717) is 12.5 Å². The van der Waals surface area contributed by atoms with Gasteiger partial charge in [-0.15, -0.1) is 0 Å². The summed E-state index contributed by atoms with van der Waals surface area (Å²) in [6, 6.07) is 1.20. The van der Waals surface area contributed by atoms with Crippen molar-refractivity contribution in [3.8, 4) is 0 Å². The molecule has 0 aliphatic carbocycles. The molecule has 9 heteroatoms. The Morgan fingerprint density at radius 1 is 1.43 bits per heavy atom. The van der Waals surface area contributed by atoms with Gasteiger partial charge >= 0.3 is 5.97 Å². The van der Waals surface area contributed by atoms with Crippen molar-refractivity contribution in [1.82, 2.24) is 4.72 Å². The highest BCUT2D eigenvalue weighted by Crippen LogP contribution is 2.28. The first-order valence-corrected chi connectivity index (χ1v) is 8.23. The minimum atomic E-state index is -4.48. The Bertz CT molecular complexity index is 642. The second-order valence-corrected chi connectivity index (χ2v) is 7.16. The maximum absolute atomic E-state index is 13.7. The maximum Gasteiger partial charge on any atom is 0.324 e. The topological polar surface area (TPSA) is 83.5 Å². The molecule has 118 valence electrons. The van der Waals surface area contributed by atoms with Crippen molar-refractivity contribution in [2.24, 2.45) is 0 Å². The molecule has 1 atom stereocenters. The highest BCUT2D eigenvalue weighted by atomic mass is 79.9. The molecule has 1 aromatic carbocycles. The zero-order valence-electron chi connectivity index (χ0n) is 11.3. The summed E-state index contributed by atoms with van der Waals surface area (Å²) in [5.41, 5.74) is -1.78. The van der Waals surface area contributed by atoms with Gasteiger partial charge in [0.25, 0.3) is 0 Å². The summed E-state index contributed by atoms with van der Waals surface area (Å²) in [5, 5.41) is 9.16. The van der Waals surface area contributed by atoms with Gasteiger partial charge in [0, 0.05) is 10.5 Å². The van der Waals surface area contributed by atoms with Crippen LogP contribution >= 0.6 is 15.9 Å². The first-order chi connectivity index (χ1) is 9.53. The first kappa shape index (κ1) is 18.0. The molecule has 0 bridgehead atoms. The molecule has 1 rings (SSSR count). The minimum Gasteiger partial charge on any atom is -0.480 e. The third kappa shape index (κ3) is 3.98. The number of carboxylic acids is 1. The van der Waals surface area contributed by atoms with Crippen LogP contribution in [0.1, 0.15) is 26.7 Å². The van der Waals surface area contributed by atoms with Crippen LogP contribution in [0.15, 0.2) is 21.5 Å². The SMILES string of the molecule is CCCC(C)(NS(=O)(=O)c1c(F)cc(F)cc1Br)C(=O)O. The van der Waals surface area contributed by atoms with Gasteiger partial charge in [-0.1, -0.05) is 13.3 Å². The standard InChI is InChI=1S/C12H14BrF2NO4S/c1-3-4-12(2,11(17)18)16-21(19,20)10-8(13)5-7(14)6-9(10)15/h5-6,16H,3-4H2,1-2H3,(H,17,18). The van der Waals surface area contributed by atoms with Crippen molar-refractivity contribution in [2.45, 2.75) is 37.1 Å². The van der Waals surface area contributed by atoms with E-state index in [1.54, 1.807) is 6.92 Å². The number of carboxylic acid groups (broad SMARTS) is 1. The van der Waals surface area contributed by atoms with Gasteiger partial charge in [-0.25, -0.2) is 17.2 Å². The minimum absolute atomic E-state index is 0.0159. The van der Waals surface area contributed by atoms with Crippen LogP contribution in [0.5, 0.6) is 0 Å². The molecule has 0 aliphatic heterocycles. The van der Waals surface area contributed by atoms with Gasteiger partial charge in [0.05, 0.1) is 0 Å². The molecule has 21 heavy (non-hydrogen) atoms. The van der Waals surface area contributed by atoms with Gasteiger partial charge in [0.15, 0.2) is 0 Å². The fourth-order valence-electron chi connectivity index (χ4n) is 1.83. The number of hydrogen-bond donors (Lipinski definition) is 2. The number of sulfonamides is 1. The molecule has 0 amide bonds. The van der Waals surface area contributed by atoms with Crippen molar-refractivity contribution in [3.05, 3.63) is 28.2 Å². The molecule has 0 heterocycles. The van der Waals surface area contributed by atoms with Gasteiger partial charge in [-0.3, -0.25) is 4.79 Å². The molecule has 0 radical (unpaired) electrons. The Balaban J connectivity index is 3.33. The van der Waals surface area contributed by atoms with Crippen molar-refractivity contribution in [2.75, 3.05) is 0 Å². The van der Waals surface area contributed by atoms with Crippen molar-refractivity contribution >= 4 is 31.9 Å². The molecule has 0 saturated heterocycles. The summed E-state index contributed by atoms with van der Waals surface area (Å²) in [4.78, 5) is 10.4. The summed E-state index contributed by atoms with van der Waals surface area (Å²) in [6.07, 6.45) is 0.417. The molecule has 5 nitrogen and oxygen atoms in total. The molecule has 0 spiro atoms. The van der Waals surface area contributed by atoms with Crippen LogP contribution in [-0.4, -0.2) is 25.0 Å².